The van der Waals surface area contributed by atoms with Crippen LogP contribution in [0.15, 0.2) is 36.4 Å². The quantitative estimate of drug-likeness (QED) is 0.692. The Hall–Kier alpha value is -2.19. The SMILES string of the molecule is O=C(CCCS(=O)(=O)N1CCCC1)Nc1cc(C2CCCC2)nn1-c1ccccc1. The van der Waals surface area contributed by atoms with E-state index in [0.717, 1.165) is 37.1 Å². The Kier molecular flexibility index (Phi) is 6.53. The number of hydrogen-bond acceptors (Lipinski definition) is 4. The van der Waals surface area contributed by atoms with E-state index in [1.807, 2.05) is 36.4 Å². The summed E-state index contributed by atoms with van der Waals surface area (Å²) in [5, 5.41) is 7.75. The largest absolute Gasteiger partial charge is 0.311 e. The van der Waals surface area contributed by atoms with E-state index in [2.05, 4.69) is 5.32 Å². The maximum absolute atomic E-state index is 12.6. The van der Waals surface area contributed by atoms with Crippen LogP contribution in [0.3, 0.4) is 0 Å². The molecule has 0 radical (unpaired) electrons. The predicted octanol–water partition coefficient (Wildman–Crippen LogP) is 3.67. The third-order valence-corrected chi connectivity index (χ3v) is 7.99. The Morgan fingerprint density at radius 3 is 2.47 bits per heavy atom. The third kappa shape index (κ3) is 4.92. The highest BCUT2D eigenvalue weighted by molar-refractivity contribution is 7.89. The predicted molar refractivity (Wildman–Crippen MR) is 117 cm³/mol. The Bertz CT molecular complexity index is 960. The van der Waals surface area contributed by atoms with Crippen LogP contribution in [-0.4, -0.2) is 47.3 Å². The highest BCUT2D eigenvalue weighted by Crippen LogP contribution is 2.35. The lowest BCUT2D eigenvalue weighted by molar-refractivity contribution is -0.116. The van der Waals surface area contributed by atoms with Gasteiger partial charge in [0.25, 0.3) is 0 Å². The molecule has 1 saturated carbocycles. The van der Waals surface area contributed by atoms with Crippen molar-refractivity contribution in [3.05, 3.63) is 42.1 Å². The number of amides is 1. The van der Waals surface area contributed by atoms with Gasteiger partial charge in [0.2, 0.25) is 15.9 Å². The molecule has 1 amide bonds. The number of aromatic nitrogens is 2. The third-order valence-electron chi connectivity index (χ3n) is 6.03. The van der Waals surface area contributed by atoms with Crippen LogP contribution in [-0.2, 0) is 14.8 Å². The number of carbonyl (C=O) groups is 1. The van der Waals surface area contributed by atoms with Crippen molar-refractivity contribution in [1.29, 1.82) is 0 Å². The zero-order valence-corrected chi connectivity index (χ0v) is 18.1. The summed E-state index contributed by atoms with van der Waals surface area (Å²) >= 11 is 0. The number of hydrogen-bond donors (Lipinski definition) is 1. The summed E-state index contributed by atoms with van der Waals surface area (Å²) in [4.78, 5) is 12.6. The lowest BCUT2D eigenvalue weighted by Crippen LogP contribution is -2.30. The lowest BCUT2D eigenvalue weighted by Gasteiger charge is -2.15. The second-order valence-corrected chi connectivity index (χ2v) is 10.3. The molecule has 1 aromatic carbocycles. The fourth-order valence-corrected chi connectivity index (χ4v) is 5.97. The molecule has 7 nitrogen and oxygen atoms in total. The minimum Gasteiger partial charge on any atom is -0.311 e. The molecule has 4 rings (SSSR count). The van der Waals surface area contributed by atoms with Gasteiger partial charge >= 0.3 is 0 Å². The van der Waals surface area contributed by atoms with Crippen molar-refractivity contribution in [1.82, 2.24) is 14.1 Å². The van der Waals surface area contributed by atoms with Gasteiger partial charge in [-0.3, -0.25) is 4.79 Å². The van der Waals surface area contributed by atoms with Crippen molar-refractivity contribution in [2.24, 2.45) is 0 Å². The van der Waals surface area contributed by atoms with Crippen molar-refractivity contribution < 1.29 is 13.2 Å². The van der Waals surface area contributed by atoms with Gasteiger partial charge in [0.15, 0.2) is 0 Å². The number of rotatable bonds is 8. The van der Waals surface area contributed by atoms with Crippen molar-refractivity contribution in [2.45, 2.75) is 57.3 Å². The molecular formula is C22H30N4O3S. The molecule has 0 spiro atoms. The molecule has 1 aliphatic heterocycles. The smallest absolute Gasteiger partial charge is 0.225 e. The van der Waals surface area contributed by atoms with E-state index in [1.54, 1.807) is 8.99 Å². The van der Waals surface area contributed by atoms with Gasteiger partial charge in [-0.2, -0.15) is 5.10 Å². The molecule has 2 heterocycles. The standard InChI is InChI=1S/C22H30N4O3S/c27-22(13-8-16-30(28,29)25-14-6-7-15-25)23-21-17-20(18-9-4-5-10-18)24-26(21)19-11-2-1-3-12-19/h1-3,11-12,17-18H,4-10,13-16H2,(H,23,27). The molecule has 0 bridgehead atoms. The van der Waals surface area contributed by atoms with E-state index in [0.29, 0.717) is 31.2 Å². The molecule has 2 aliphatic rings. The van der Waals surface area contributed by atoms with Gasteiger partial charge in [0.1, 0.15) is 5.82 Å². The number of benzene rings is 1. The van der Waals surface area contributed by atoms with Crippen LogP contribution in [0.4, 0.5) is 5.82 Å². The molecule has 1 aliphatic carbocycles. The first-order chi connectivity index (χ1) is 14.5. The highest BCUT2D eigenvalue weighted by Gasteiger charge is 2.25. The number of sulfonamides is 1. The van der Waals surface area contributed by atoms with E-state index in [-0.39, 0.29) is 18.1 Å². The van der Waals surface area contributed by atoms with Gasteiger partial charge in [-0.05, 0) is 44.2 Å². The van der Waals surface area contributed by atoms with Crippen LogP contribution in [0.25, 0.3) is 5.69 Å². The van der Waals surface area contributed by atoms with Crippen molar-refractivity contribution in [3.8, 4) is 5.69 Å². The van der Waals surface area contributed by atoms with E-state index >= 15 is 0 Å². The first-order valence-electron chi connectivity index (χ1n) is 11.0. The number of carbonyl (C=O) groups excluding carboxylic acids is 1. The number of anilines is 1. The fraction of sp³-hybridized carbons (Fsp3) is 0.545. The maximum Gasteiger partial charge on any atom is 0.225 e. The Balaban J connectivity index is 1.41. The summed E-state index contributed by atoms with van der Waals surface area (Å²) in [6.07, 6.45) is 7.04. The topological polar surface area (TPSA) is 84.3 Å². The summed E-state index contributed by atoms with van der Waals surface area (Å²) < 4.78 is 28.0. The van der Waals surface area contributed by atoms with E-state index < -0.39 is 10.0 Å². The van der Waals surface area contributed by atoms with Gasteiger partial charge in [-0.25, -0.2) is 17.4 Å². The monoisotopic (exact) mass is 430 g/mol. The lowest BCUT2D eigenvalue weighted by atomic mass is 10.0. The van der Waals surface area contributed by atoms with Gasteiger partial charge in [-0.1, -0.05) is 31.0 Å². The average molecular weight is 431 g/mol. The first-order valence-corrected chi connectivity index (χ1v) is 12.6. The molecule has 0 atom stereocenters. The number of nitrogens with one attached hydrogen (secondary N) is 1. The summed E-state index contributed by atoms with van der Waals surface area (Å²) in [6, 6.07) is 11.7. The zero-order valence-electron chi connectivity index (χ0n) is 17.3. The molecule has 30 heavy (non-hydrogen) atoms. The maximum atomic E-state index is 12.6. The Morgan fingerprint density at radius 2 is 1.77 bits per heavy atom. The zero-order chi connectivity index (χ0) is 21.0. The Labute approximate surface area is 178 Å². The van der Waals surface area contributed by atoms with Crippen LogP contribution in [0.1, 0.15) is 63.0 Å². The van der Waals surface area contributed by atoms with Gasteiger partial charge in [0, 0.05) is 31.5 Å². The minimum atomic E-state index is -3.25. The average Bonchev–Trinajstić information content (AvgIpc) is 3.49. The van der Waals surface area contributed by atoms with Crippen LogP contribution in [0, 0.1) is 0 Å². The highest BCUT2D eigenvalue weighted by atomic mass is 32.2. The van der Waals surface area contributed by atoms with Crippen molar-refractivity contribution in [3.63, 3.8) is 0 Å². The molecule has 1 aromatic heterocycles. The summed E-state index contributed by atoms with van der Waals surface area (Å²) in [7, 11) is -3.25. The molecule has 8 heteroatoms. The molecule has 2 fully saturated rings. The molecule has 162 valence electrons. The van der Waals surface area contributed by atoms with Gasteiger partial charge in [0.05, 0.1) is 17.1 Å². The number of nitrogens with zero attached hydrogens (tertiary/aromatic N) is 3. The van der Waals surface area contributed by atoms with Crippen LogP contribution >= 0.6 is 0 Å². The fourth-order valence-electron chi connectivity index (χ4n) is 4.39. The van der Waals surface area contributed by atoms with E-state index in [4.69, 9.17) is 5.10 Å². The summed E-state index contributed by atoms with van der Waals surface area (Å²) in [6.45, 7) is 1.21. The molecule has 0 unspecified atom stereocenters. The van der Waals surface area contributed by atoms with Crippen molar-refractivity contribution >= 4 is 21.7 Å². The molecule has 1 N–H and O–H groups in total. The molecule has 2 aromatic rings. The van der Waals surface area contributed by atoms with Gasteiger partial charge < -0.3 is 5.32 Å². The van der Waals surface area contributed by atoms with Crippen LogP contribution in [0.5, 0.6) is 0 Å². The van der Waals surface area contributed by atoms with Crippen LogP contribution < -0.4 is 5.32 Å². The van der Waals surface area contributed by atoms with E-state index in [9.17, 15) is 13.2 Å². The molecular weight excluding hydrogens is 400 g/mol. The second kappa shape index (κ2) is 9.31. The van der Waals surface area contributed by atoms with Crippen molar-refractivity contribution in [2.75, 3.05) is 24.2 Å². The summed E-state index contributed by atoms with van der Waals surface area (Å²) in [5.74, 6) is 0.930. The summed E-state index contributed by atoms with van der Waals surface area (Å²) in [5.41, 5.74) is 1.91. The second-order valence-electron chi connectivity index (χ2n) is 8.26. The normalized spacial score (nSPS) is 18.1. The minimum absolute atomic E-state index is 0.0195. The number of para-hydroxylation sites is 1. The van der Waals surface area contributed by atoms with E-state index in [1.165, 1.54) is 12.8 Å². The Morgan fingerprint density at radius 1 is 1.07 bits per heavy atom. The van der Waals surface area contributed by atoms with Gasteiger partial charge in [-0.15, -0.1) is 0 Å². The molecule has 1 saturated heterocycles. The van der Waals surface area contributed by atoms with Crippen LogP contribution in [0.2, 0.25) is 0 Å². The first kappa shape index (κ1) is 21.1.